The lowest BCUT2D eigenvalue weighted by Gasteiger charge is -2.44. The summed E-state index contributed by atoms with van der Waals surface area (Å²) in [5.74, 6) is -0.0742. The van der Waals surface area contributed by atoms with Crippen molar-refractivity contribution < 1.29 is 9.52 Å². The fraction of sp³-hybridized carbons (Fsp3) is 0.429. The highest BCUT2D eigenvalue weighted by Crippen LogP contribution is 2.32. The maximum absolute atomic E-state index is 13.2. The van der Waals surface area contributed by atoms with Gasteiger partial charge < -0.3 is 19.9 Å². The quantitative estimate of drug-likeness (QED) is 0.405. The highest BCUT2D eigenvalue weighted by molar-refractivity contribution is 5.96. The van der Waals surface area contributed by atoms with Crippen molar-refractivity contribution in [2.24, 2.45) is 0 Å². The second-order valence-corrected chi connectivity index (χ2v) is 9.82. The largest absolute Gasteiger partial charge is 0.711 e. The average molecular weight is 487 g/mol. The number of carbonyl (C=O) groups excluding carboxylic acids is 1. The molecule has 8 heteroatoms. The number of likely N-dealkylation sites (tertiary alicyclic amines) is 2. The van der Waals surface area contributed by atoms with Crippen LogP contribution in [0.2, 0.25) is 0 Å². The lowest BCUT2D eigenvalue weighted by molar-refractivity contribution is -0.615. The Labute approximate surface area is 212 Å². The van der Waals surface area contributed by atoms with Crippen LogP contribution in [0.5, 0.6) is 0 Å². The first-order chi connectivity index (χ1) is 17.5. The summed E-state index contributed by atoms with van der Waals surface area (Å²) in [6.45, 7) is 6.99. The molecule has 2 aromatic heterocycles. The number of anilines is 2. The molecule has 0 saturated carbocycles. The van der Waals surface area contributed by atoms with Crippen molar-refractivity contribution in [3.63, 3.8) is 0 Å². The number of piperidine rings is 2. The summed E-state index contributed by atoms with van der Waals surface area (Å²) in [5, 5.41) is 12.0. The third kappa shape index (κ3) is 4.91. The van der Waals surface area contributed by atoms with E-state index in [-0.39, 0.29) is 5.91 Å². The molecule has 188 valence electrons. The van der Waals surface area contributed by atoms with E-state index in [4.69, 9.17) is 0 Å². The summed E-state index contributed by atoms with van der Waals surface area (Å²) < 4.78 is 0.682. The van der Waals surface area contributed by atoms with E-state index in [2.05, 4.69) is 56.2 Å². The van der Waals surface area contributed by atoms with E-state index in [0.29, 0.717) is 46.9 Å². The zero-order valence-corrected chi connectivity index (χ0v) is 21.1. The minimum atomic E-state index is -0.0742. The van der Waals surface area contributed by atoms with Gasteiger partial charge in [-0.2, -0.15) is 0 Å². The van der Waals surface area contributed by atoms with Gasteiger partial charge in [0.15, 0.2) is 5.69 Å². The van der Waals surface area contributed by atoms with E-state index in [1.165, 1.54) is 12.0 Å². The number of para-hydroxylation sites is 1. The summed E-state index contributed by atoms with van der Waals surface area (Å²) in [6.07, 6.45) is 9.08. The van der Waals surface area contributed by atoms with E-state index in [9.17, 15) is 10.0 Å². The fourth-order valence-electron chi connectivity index (χ4n) is 5.73. The van der Waals surface area contributed by atoms with Gasteiger partial charge in [0.25, 0.3) is 12.2 Å². The average Bonchev–Trinajstić information content (AvgIpc) is 2.93. The molecule has 2 aliphatic heterocycles. The summed E-state index contributed by atoms with van der Waals surface area (Å²) >= 11 is 0. The van der Waals surface area contributed by atoms with Crippen LogP contribution in [0, 0.1) is 19.1 Å². The minimum absolute atomic E-state index is 0.0742. The summed E-state index contributed by atoms with van der Waals surface area (Å²) in [5.41, 5.74) is 3.83. The van der Waals surface area contributed by atoms with Gasteiger partial charge in [0.1, 0.15) is 11.3 Å². The zero-order chi connectivity index (χ0) is 25.1. The number of benzene rings is 1. The topological polar surface area (TPSA) is 79.5 Å². The molecule has 1 aromatic carbocycles. The third-order valence-electron chi connectivity index (χ3n) is 7.72. The van der Waals surface area contributed by atoms with Crippen molar-refractivity contribution in [2.75, 3.05) is 31.1 Å². The van der Waals surface area contributed by atoms with Gasteiger partial charge in [-0.1, -0.05) is 23.2 Å². The molecule has 0 radical (unpaired) electrons. The summed E-state index contributed by atoms with van der Waals surface area (Å²) in [6, 6.07) is 15.6. The first kappa shape index (κ1) is 24.2. The van der Waals surface area contributed by atoms with Gasteiger partial charge in [-0.25, -0.2) is 4.73 Å². The van der Waals surface area contributed by atoms with Crippen LogP contribution >= 0.6 is 0 Å². The van der Waals surface area contributed by atoms with E-state index in [0.717, 1.165) is 44.5 Å². The van der Waals surface area contributed by atoms with Crippen molar-refractivity contribution in [2.45, 2.75) is 51.6 Å². The Morgan fingerprint density at radius 2 is 1.67 bits per heavy atom. The molecular weight excluding hydrogens is 452 g/mol. The van der Waals surface area contributed by atoms with Crippen LogP contribution in [-0.4, -0.2) is 63.9 Å². The van der Waals surface area contributed by atoms with Crippen LogP contribution in [-0.2, 0) is 0 Å². The number of pyridine rings is 1. The molecule has 0 aliphatic carbocycles. The molecule has 0 bridgehead atoms. The lowest BCUT2D eigenvalue weighted by Crippen LogP contribution is -2.51. The number of aromatic nitrogens is 3. The molecule has 1 amide bonds. The molecular formula is C28H34N6O2. The van der Waals surface area contributed by atoms with Crippen LogP contribution in [0.4, 0.5) is 11.4 Å². The Bertz CT molecular complexity index is 1130. The number of amides is 1. The van der Waals surface area contributed by atoms with E-state index in [1.54, 1.807) is 13.8 Å². The highest BCUT2D eigenvalue weighted by atomic mass is 16.5. The number of nitrogens with zero attached hydrogens (tertiary/aromatic N) is 6. The molecule has 36 heavy (non-hydrogen) atoms. The smallest absolute Gasteiger partial charge is 0.289 e. The highest BCUT2D eigenvalue weighted by Gasteiger charge is 2.33. The normalized spacial score (nSPS) is 17.8. The van der Waals surface area contributed by atoms with Crippen LogP contribution < -0.4 is 9.63 Å². The van der Waals surface area contributed by atoms with Crippen LogP contribution in [0.15, 0.2) is 61.2 Å². The van der Waals surface area contributed by atoms with Crippen LogP contribution in [0.1, 0.15) is 47.4 Å². The molecule has 0 N–H and O–H groups in total. The lowest BCUT2D eigenvalue weighted by atomic mass is 9.96. The second-order valence-electron chi connectivity index (χ2n) is 9.82. The summed E-state index contributed by atoms with van der Waals surface area (Å²) in [7, 11) is 0. The van der Waals surface area contributed by atoms with E-state index >= 15 is 0 Å². The molecule has 0 unspecified atom stereocenters. The molecule has 4 heterocycles. The van der Waals surface area contributed by atoms with E-state index < -0.39 is 0 Å². The first-order valence-electron chi connectivity index (χ1n) is 12.9. The fourth-order valence-corrected chi connectivity index (χ4v) is 5.73. The number of hydrogen-bond donors (Lipinski definition) is 0. The predicted molar refractivity (Wildman–Crippen MR) is 139 cm³/mol. The van der Waals surface area contributed by atoms with Crippen molar-refractivity contribution >= 4 is 17.3 Å². The Hall–Kier alpha value is -3.52. The van der Waals surface area contributed by atoms with Gasteiger partial charge in [-0.3, -0.25) is 9.78 Å². The second kappa shape index (κ2) is 10.6. The Kier molecular flexibility index (Phi) is 7.13. The molecule has 0 atom stereocenters. The molecule has 2 aliphatic rings. The third-order valence-corrected chi connectivity index (χ3v) is 7.72. The molecule has 3 aromatic rings. The monoisotopic (exact) mass is 486 g/mol. The number of rotatable bonds is 5. The Morgan fingerprint density at radius 3 is 2.33 bits per heavy atom. The van der Waals surface area contributed by atoms with Gasteiger partial charge in [0.05, 0.1) is 11.9 Å². The number of hydrogen-bond acceptors (Lipinski definition) is 6. The minimum Gasteiger partial charge on any atom is -0.711 e. The molecule has 8 nitrogen and oxygen atoms in total. The molecule has 0 spiro atoms. The summed E-state index contributed by atoms with van der Waals surface area (Å²) in [4.78, 5) is 28.6. The molecule has 5 rings (SSSR count). The standard InChI is InChI=1S/C28H34N6O2/c1-21-27(22(2)33(36)20-30-21)28(35)32-17-10-23(11-18-32)31-15-12-25(13-16-31)34(24-7-4-3-5-8-24)26-9-6-14-29-19-26/h3-9,14,19-20,23,25H,10-13,15-18H2,1-2H3. The van der Waals surface area contributed by atoms with E-state index in [1.807, 2.05) is 23.4 Å². The van der Waals surface area contributed by atoms with Crippen molar-refractivity contribution in [3.8, 4) is 0 Å². The predicted octanol–water partition coefficient (Wildman–Crippen LogP) is 3.63. The van der Waals surface area contributed by atoms with Crippen LogP contribution in [0.25, 0.3) is 0 Å². The van der Waals surface area contributed by atoms with Crippen molar-refractivity contribution in [3.05, 3.63) is 83.3 Å². The van der Waals surface area contributed by atoms with Gasteiger partial charge in [0.2, 0.25) is 0 Å². The van der Waals surface area contributed by atoms with Gasteiger partial charge in [0, 0.05) is 57.1 Å². The SMILES string of the molecule is Cc1nc[n+]([O-])c(C)c1C(=O)N1CCC(N2CCC(N(c3ccccc3)c3cccnc3)CC2)CC1. The molecule has 2 fully saturated rings. The van der Waals surface area contributed by atoms with Crippen LogP contribution in [0.3, 0.4) is 0 Å². The Morgan fingerprint density at radius 1 is 0.972 bits per heavy atom. The first-order valence-corrected chi connectivity index (χ1v) is 12.9. The van der Waals surface area contributed by atoms with Gasteiger partial charge >= 0.3 is 0 Å². The number of aryl methyl sites for hydroxylation is 1. The van der Waals surface area contributed by atoms with Gasteiger partial charge in [-0.05, 0) is 56.9 Å². The zero-order valence-electron chi connectivity index (χ0n) is 21.1. The number of carbonyl (C=O) groups is 1. The van der Waals surface area contributed by atoms with Crippen molar-refractivity contribution in [1.29, 1.82) is 0 Å². The Balaban J connectivity index is 1.20. The van der Waals surface area contributed by atoms with Gasteiger partial charge in [-0.15, -0.1) is 0 Å². The maximum Gasteiger partial charge on any atom is 0.289 e. The molecule has 2 saturated heterocycles. The maximum atomic E-state index is 13.2. The van der Waals surface area contributed by atoms with Crippen molar-refractivity contribution in [1.82, 2.24) is 19.8 Å².